The average molecular weight is 286 g/mol. The van der Waals surface area contributed by atoms with E-state index in [4.69, 9.17) is 0 Å². The van der Waals surface area contributed by atoms with E-state index in [9.17, 15) is 8.78 Å². The molecule has 0 atom stereocenters. The molecule has 108 valence electrons. The van der Waals surface area contributed by atoms with Gasteiger partial charge in [0.25, 0.3) is 0 Å². The molecule has 0 amide bonds. The first-order valence-corrected chi connectivity index (χ1v) is 6.85. The summed E-state index contributed by atoms with van der Waals surface area (Å²) < 4.78 is 29.0. The van der Waals surface area contributed by atoms with E-state index < -0.39 is 11.6 Å². The zero-order valence-electron chi connectivity index (χ0n) is 11.7. The number of hydrogen-bond acceptors (Lipinski definition) is 1. The van der Waals surface area contributed by atoms with E-state index in [0.29, 0.717) is 12.1 Å². The van der Waals surface area contributed by atoms with Crippen LogP contribution in [0.4, 0.5) is 8.78 Å². The third-order valence-electron chi connectivity index (χ3n) is 3.64. The van der Waals surface area contributed by atoms with Crippen LogP contribution in [0.2, 0.25) is 0 Å². The number of nitrogens with one attached hydrogen (secondary N) is 1. The number of halogens is 2. The summed E-state index contributed by atoms with van der Waals surface area (Å²) in [6.45, 7) is 1.09. The minimum Gasteiger partial charge on any atom is -0.343 e. The van der Waals surface area contributed by atoms with Crippen LogP contribution in [0.25, 0.3) is 10.9 Å². The highest BCUT2D eigenvalue weighted by molar-refractivity contribution is 5.83. The van der Waals surface area contributed by atoms with Crippen molar-refractivity contribution in [1.29, 1.82) is 0 Å². The topological polar surface area (TPSA) is 17.0 Å². The first kappa shape index (κ1) is 13.8. The van der Waals surface area contributed by atoms with Gasteiger partial charge in [-0.15, -0.1) is 0 Å². The van der Waals surface area contributed by atoms with Gasteiger partial charge in [0.2, 0.25) is 0 Å². The van der Waals surface area contributed by atoms with E-state index in [1.807, 2.05) is 36.0 Å². The maximum absolute atomic E-state index is 13.8. The van der Waals surface area contributed by atoms with E-state index in [1.165, 1.54) is 11.6 Å². The highest BCUT2D eigenvalue weighted by atomic mass is 19.2. The number of fused-ring (bicyclic) bond motifs is 1. The van der Waals surface area contributed by atoms with Crippen molar-refractivity contribution in [2.24, 2.45) is 0 Å². The summed E-state index contributed by atoms with van der Waals surface area (Å²) in [6.07, 6.45) is 1.91. The lowest BCUT2D eigenvalue weighted by molar-refractivity contribution is 0.496. The van der Waals surface area contributed by atoms with Gasteiger partial charge in [-0.05, 0) is 30.8 Å². The van der Waals surface area contributed by atoms with Crippen molar-refractivity contribution >= 4 is 10.9 Å². The summed E-state index contributed by atoms with van der Waals surface area (Å²) in [5.74, 6) is -1.58. The highest BCUT2D eigenvalue weighted by Gasteiger charge is 2.10. The van der Waals surface area contributed by atoms with Gasteiger partial charge in [-0.3, -0.25) is 0 Å². The Balaban J connectivity index is 2.02. The fraction of sp³-hybridized carbons (Fsp3) is 0.176. The zero-order chi connectivity index (χ0) is 14.8. The van der Waals surface area contributed by atoms with E-state index in [2.05, 4.69) is 11.4 Å². The summed E-state index contributed by atoms with van der Waals surface area (Å²) >= 11 is 0. The van der Waals surface area contributed by atoms with Gasteiger partial charge >= 0.3 is 0 Å². The Bertz CT molecular complexity index is 778. The lowest BCUT2D eigenvalue weighted by Crippen LogP contribution is -2.05. The highest BCUT2D eigenvalue weighted by Crippen LogP contribution is 2.22. The fourth-order valence-corrected chi connectivity index (χ4v) is 2.62. The second kappa shape index (κ2) is 5.66. The van der Waals surface area contributed by atoms with Gasteiger partial charge in [0.05, 0.1) is 6.54 Å². The number of benzene rings is 2. The third-order valence-corrected chi connectivity index (χ3v) is 3.64. The molecule has 0 fully saturated rings. The predicted octanol–water partition coefficient (Wildman–Crippen LogP) is 3.69. The zero-order valence-corrected chi connectivity index (χ0v) is 11.7. The number of hydrogen-bond donors (Lipinski definition) is 1. The predicted molar refractivity (Wildman–Crippen MR) is 80.2 cm³/mol. The molecule has 1 aromatic heterocycles. The normalized spacial score (nSPS) is 11.2. The molecule has 1 heterocycles. The summed E-state index contributed by atoms with van der Waals surface area (Å²) in [7, 11) is 1.90. The van der Waals surface area contributed by atoms with Crippen molar-refractivity contribution in [3.63, 3.8) is 0 Å². The van der Waals surface area contributed by atoms with Crippen LogP contribution in [-0.2, 0) is 13.1 Å². The fourth-order valence-electron chi connectivity index (χ4n) is 2.62. The van der Waals surface area contributed by atoms with Crippen molar-refractivity contribution in [3.8, 4) is 0 Å². The number of rotatable bonds is 4. The molecule has 0 saturated carbocycles. The van der Waals surface area contributed by atoms with Gasteiger partial charge in [0, 0.05) is 29.2 Å². The second-order valence-electron chi connectivity index (χ2n) is 5.04. The SMILES string of the molecule is CNCc1cccc2c1ccn2Cc1cccc(F)c1F. The van der Waals surface area contributed by atoms with E-state index >= 15 is 0 Å². The number of aromatic nitrogens is 1. The monoisotopic (exact) mass is 286 g/mol. The van der Waals surface area contributed by atoms with Gasteiger partial charge < -0.3 is 9.88 Å². The minimum atomic E-state index is -0.806. The van der Waals surface area contributed by atoms with Crippen LogP contribution in [-0.4, -0.2) is 11.6 Å². The molecule has 0 spiro atoms. The van der Waals surface area contributed by atoms with Crippen LogP contribution in [0, 0.1) is 11.6 Å². The lowest BCUT2D eigenvalue weighted by atomic mass is 10.1. The maximum atomic E-state index is 13.8. The summed E-state index contributed by atoms with van der Waals surface area (Å²) in [5.41, 5.74) is 2.56. The van der Waals surface area contributed by atoms with Gasteiger partial charge in [0.1, 0.15) is 0 Å². The molecule has 0 aliphatic carbocycles. The van der Waals surface area contributed by atoms with Crippen LogP contribution < -0.4 is 5.32 Å². The molecule has 0 radical (unpaired) electrons. The van der Waals surface area contributed by atoms with Crippen molar-refractivity contribution in [2.45, 2.75) is 13.1 Å². The number of nitrogens with zero attached hydrogens (tertiary/aromatic N) is 1. The molecular formula is C17H16F2N2. The molecule has 0 unspecified atom stereocenters. The van der Waals surface area contributed by atoms with Gasteiger partial charge in [-0.1, -0.05) is 24.3 Å². The van der Waals surface area contributed by atoms with Gasteiger partial charge in [-0.2, -0.15) is 0 Å². The molecule has 0 bridgehead atoms. The molecule has 21 heavy (non-hydrogen) atoms. The summed E-state index contributed by atoms with van der Waals surface area (Å²) in [6, 6.07) is 12.3. The third kappa shape index (κ3) is 2.54. The van der Waals surface area contributed by atoms with Crippen molar-refractivity contribution in [3.05, 3.63) is 71.4 Å². The maximum Gasteiger partial charge on any atom is 0.163 e. The molecule has 3 rings (SSSR count). The molecule has 0 saturated heterocycles. The lowest BCUT2D eigenvalue weighted by Gasteiger charge is -2.08. The molecule has 2 nitrogen and oxygen atoms in total. The minimum absolute atomic E-state index is 0.316. The van der Waals surface area contributed by atoms with E-state index in [1.54, 1.807) is 6.07 Å². The average Bonchev–Trinajstić information content (AvgIpc) is 2.89. The molecule has 2 aromatic carbocycles. The van der Waals surface area contributed by atoms with Crippen LogP contribution in [0.1, 0.15) is 11.1 Å². The Labute approximate surface area is 122 Å². The smallest absolute Gasteiger partial charge is 0.163 e. The first-order valence-electron chi connectivity index (χ1n) is 6.85. The Morgan fingerprint density at radius 2 is 1.76 bits per heavy atom. The van der Waals surface area contributed by atoms with Crippen LogP contribution >= 0.6 is 0 Å². The molecule has 1 N–H and O–H groups in total. The van der Waals surface area contributed by atoms with Gasteiger partial charge in [0.15, 0.2) is 11.6 Å². The Morgan fingerprint density at radius 3 is 2.57 bits per heavy atom. The van der Waals surface area contributed by atoms with Crippen molar-refractivity contribution in [2.75, 3.05) is 7.05 Å². The van der Waals surface area contributed by atoms with Crippen LogP contribution in [0.15, 0.2) is 48.7 Å². The van der Waals surface area contributed by atoms with Crippen LogP contribution in [0.3, 0.4) is 0 Å². The standard InChI is InChI=1S/C17H16F2N2/c1-20-10-12-4-3-7-16-14(12)8-9-21(16)11-13-5-2-6-15(18)17(13)19/h2-9,20H,10-11H2,1H3. The van der Waals surface area contributed by atoms with Crippen molar-refractivity contribution < 1.29 is 8.78 Å². The summed E-state index contributed by atoms with van der Waals surface area (Å²) in [4.78, 5) is 0. The van der Waals surface area contributed by atoms with Crippen molar-refractivity contribution in [1.82, 2.24) is 9.88 Å². The summed E-state index contributed by atoms with van der Waals surface area (Å²) in [5, 5.41) is 4.26. The van der Waals surface area contributed by atoms with Crippen LogP contribution in [0.5, 0.6) is 0 Å². The molecule has 4 heteroatoms. The van der Waals surface area contributed by atoms with Gasteiger partial charge in [-0.25, -0.2) is 8.78 Å². The Hall–Kier alpha value is -2.20. The molecular weight excluding hydrogens is 270 g/mol. The molecule has 0 aliphatic rings. The molecule has 3 aromatic rings. The second-order valence-corrected chi connectivity index (χ2v) is 5.04. The first-order chi connectivity index (χ1) is 10.2. The quantitative estimate of drug-likeness (QED) is 0.774. The Kier molecular flexibility index (Phi) is 3.71. The Morgan fingerprint density at radius 1 is 1.00 bits per heavy atom. The van der Waals surface area contributed by atoms with E-state index in [-0.39, 0.29) is 0 Å². The van der Waals surface area contributed by atoms with E-state index in [0.717, 1.165) is 23.5 Å². The largest absolute Gasteiger partial charge is 0.343 e. The molecule has 0 aliphatic heterocycles.